The zero-order valence-corrected chi connectivity index (χ0v) is 11.2. The zero-order chi connectivity index (χ0) is 11.9. The number of hydrogen-bond acceptors (Lipinski definition) is 3. The molecule has 0 unspecified atom stereocenters. The largest absolute Gasteiger partial charge is 0.318 e. The second-order valence-electron chi connectivity index (χ2n) is 5.90. The first-order valence-electron chi connectivity index (χ1n) is 6.27. The standard InChI is InChI=1S/C12H23NO2S/c1-13-10-12(16(2,14)15)8-11(9-12)6-4-3-5-7-11/h13H,3-10H2,1-2H3. The lowest BCUT2D eigenvalue weighted by atomic mass is 9.55. The van der Waals surface area contributed by atoms with Crippen molar-refractivity contribution in [3.8, 4) is 0 Å². The summed E-state index contributed by atoms with van der Waals surface area (Å²) in [5.41, 5.74) is 0.373. The molecule has 0 heterocycles. The van der Waals surface area contributed by atoms with Gasteiger partial charge in [0.1, 0.15) is 0 Å². The molecule has 2 aliphatic carbocycles. The van der Waals surface area contributed by atoms with Crippen LogP contribution in [-0.2, 0) is 9.84 Å². The van der Waals surface area contributed by atoms with Crippen LogP contribution in [0, 0.1) is 5.41 Å². The summed E-state index contributed by atoms with van der Waals surface area (Å²) in [7, 11) is -1.08. The van der Waals surface area contributed by atoms with Gasteiger partial charge >= 0.3 is 0 Å². The third-order valence-electron chi connectivity index (χ3n) is 4.59. The fourth-order valence-electron chi connectivity index (χ4n) is 3.81. The van der Waals surface area contributed by atoms with Crippen LogP contribution in [0.15, 0.2) is 0 Å². The van der Waals surface area contributed by atoms with E-state index in [-0.39, 0.29) is 0 Å². The molecule has 94 valence electrons. The number of hydrogen-bond donors (Lipinski definition) is 1. The lowest BCUT2D eigenvalue weighted by Crippen LogP contribution is -2.61. The Morgan fingerprint density at radius 1 is 1.12 bits per heavy atom. The smallest absolute Gasteiger partial charge is 0.154 e. The minimum Gasteiger partial charge on any atom is -0.318 e. The molecule has 2 fully saturated rings. The Balaban J connectivity index is 2.11. The van der Waals surface area contributed by atoms with Crippen molar-refractivity contribution in [2.45, 2.75) is 49.7 Å². The summed E-state index contributed by atoms with van der Waals surface area (Å²) in [6, 6.07) is 0. The summed E-state index contributed by atoms with van der Waals surface area (Å²) in [5.74, 6) is 0. The predicted octanol–water partition coefficient (Wildman–Crippen LogP) is 1.73. The third kappa shape index (κ3) is 1.90. The number of nitrogens with one attached hydrogen (secondary N) is 1. The Bertz CT molecular complexity index is 347. The van der Waals surface area contributed by atoms with Crippen molar-refractivity contribution < 1.29 is 8.42 Å². The Hall–Kier alpha value is -0.0900. The lowest BCUT2D eigenvalue weighted by Gasteiger charge is -2.57. The molecule has 1 N–H and O–H groups in total. The van der Waals surface area contributed by atoms with Crippen LogP contribution in [0.2, 0.25) is 0 Å². The van der Waals surface area contributed by atoms with Crippen LogP contribution in [-0.4, -0.2) is 33.0 Å². The zero-order valence-electron chi connectivity index (χ0n) is 10.4. The maximum atomic E-state index is 11.9. The van der Waals surface area contributed by atoms with Gasteiger partial charge in [-0.25, -0.2) is 8.42 Å². The first-order chi connectivity index (χ1) is 7.43. The highest BCUT2D eigenvalue weighted by Crippen LogP contribution is 2.59. The summed E-state index contributed by atoms with van der Waals surface area (Å²) in [6.45, 7) is 0.619. The molecule has 0 aromatic heterocycles. The quantitative estimate of drug-likeness (QED) is 0.823. The van der Waals surface area contributed by atoms with Gasteiger partial charge in [0.2, 0.25) is 0 Å². The average molecular weight is 245 g/mol. The average Bonchev–Trinajstić information content (AvgIpc) is 2.15. The van der Waals surface area contributed by atoms with Crippen molar-refractivity contribution in [1.82, 2.24) is 5.32 Å². The Kier molecular flexibility index (Phi) is 3.08. The first-order valence-corrected chi connectivity index (χ1v) is 8.17. The molecule has 4 heteroatoms. The fraction of sp³-hybridized carbons (Fsp3) is 1.00. The normalized spacial score (nSPS) is 27.6. The lowest BCUT2D eigenvalue weighted by molar-refractivity contribution is 0.0326. The van der Waals surface area contributed by atoms with Gasteiger partial charge in [-0.3, -0.25) is 0 Å². The van der Waals surface area contributed by atoms with Crippen LogP contribution in [0.1, 0.15) is 44.9 Å². The van der Waals surface area contributed by atoms with E-state index in [0.29, 0.717) is 12.0 Å². The van der Waals surface area contributed by atoms with Gasteiger partial charge in [0, 0.05) is 12.8 Å². The minimum absolute atomic E-state index is 0.373. The molecule has 2 rings (SSSR count). The summed E-state index contributed by atoms with van der Waals surface area (Å²) < 4.78 is 23.4. The highest BCUT2D eigenvalue weighted by molar-refractivity contribution is 7.92. The molecule has 0 aromatic rings. The molecule has 3 nitrogen and oxygen atoms in total. The van der Waals surface area contributed by atoms with Crippen LogP contribution < -0.4 is 5.32 Å². The molecule has 0 bridgehead atoms. The van der Waals surface area contributed by atoms with E-state index in [4.69, 9.17) is 0 Å². The van der Waals surface area contributed by atoms with Crippen LogP contribution in [0.5, 0.6) is 0 Å². The van der Waals surface area contributed by atoms with Gasteiger partial charge in [-0.2, -0.15) is 0 Å². The van der Waals surface area contributed by atoms with Crippen molar-refractivity contribution in [1.29, 1.82) is 0 Å². The SMILES string of the molecule is CNCC1(S(C)(=O)=O)CC2(CCCCC2)C1. The van der Waals surface area contributed by atoms with Crippen LogP contribution >= 0.6 is 0 Å². The van der Waals surface area contributed by atoms with Gasteiger partial charge < -0.3 is 5.32 Å². The molecule has 0 aliphatic heterocycles. The van der Waals surface area contributed by atoms with Crippen molar-refractivity contribution in [3.05, 3.63) is 0 Å². The number of sulfone groups is 1. The second-order valence-corrected chi connectivity index (χ2v) is 8.31. The number of rotatable bonds is 3. The van der Waals surface area contributed by atoms with Crippen molar-refractivity contribution in [2.75, 3.05) is 19.8 Å². The molecule has 2 saturated carbocycles. The molecule has 2 aliphatic rings. The molecular weight excluding hydrogens is 222 g/mol. The molecule has 0 saturated heterocycles. The van der Waals surface area contributed by atoms with Gasteiger partial charge in [-0.1, -0.05) is 19.3 Å². The second kappa shape index (κ2) is 3.98. The fourth-order valence-corrected chi connectivity index (χ4v) is 5.35. The van der Waals surface area contributed by atoms with Crippen LogP contribution in [0.4, 0.5) is 0 Å². The van der Waals surface area contributed by atoms with Crippen molar-refractivity contribution >= 4 is 9.84 Å². The topological polar surface area (TPSA) is 46.2 Å². The first kappa shape index (κ1) is 12.4. The van der Waals surface area contributed by atoms with E-state index in [1.807, 2.05) is 7.05 Å². The van der Waals surface area contributed by atoms with E-state index in [9.17, 15) is 8.42 Å². The summed E-state index contributed by atoms with van der Waals surface area (Å²) >= 11 is 0. The maximum absolute atomic E-state index is 11.9. The van der Waals surface area contributed by atoms with E-state index < -0.39 is 14.6 Å². The van der Waals surface area contributed by atoms with E-state index in [1.54, 1.807) is 0 Å². The third-order valence-corrected chi connectivity index (χ3v) is 6.60. The molecule has 0 atom stereocenters. The molecule has 16 heavy (non-hydrogen) atoms. The predicted molar refractivity (Wildman–Crippen MR) is 66.3 cm³/mol. The maximum Gasteiger partial charge on any atom is 0.154 e. The Morgan fingerprint density at radius 3 is 2.12 bits per heavy atom. The van der Waals surface area contributed by atoms with Crippen LogP contribution in [0.3, 0.4) is 0 Å². The van der Waals surface area contributed by atoms with Gasteiger partial charge in [0.05, 0.1) is 4.75 Å². The molecule has 0 radical (unpaired) electrons. The van der Waals surface area contributed by atoms with Gasteiger partial charge in [-0.05, 0) is 38.1 Å². The van der Waals surface area contributed by atoms with Crippen LogP contribution in [0.25, 0.3) is 0 Å². The highest BCUT2D eigenvalue weighted by Gasteiger charge is 2.59. The van der Waals surface area contributed by atoms with E-state index >= 15 is 0 Å². The molecule has 0 aromatic carbocycles. The molecular formula is C12H23NO2S. The monoisotopic (exact) mass is 245 g/mol. The van der Waals surface area contributed by atoms with Gasteiger partial charge in [0.15, 0.2) is 9.84 Å². The van der Waals surface area contributed by atoms with E-state index in [0.717, 1.165) is 12.8 Å². The minimum atomic E-state index is -2.93. The van der Waals surface area contributed by atoms with E-state index in [1.165, 1.54) is 38.4 Å². The molecule has 1 spiro atoms. The Morgan fingerprint density at radius 2 is 1.69 bits per heavy atom. The van der Waals surface area contributed by atoms with Gasteiger partial charge in [0.25, 0.3) is 0 Å². The highest BCUT2D eigenvalue weighted by atomic mass is 32.2. The summed E-state index contributed by atoms with van der Waals surface area (Å²) in [5, 5.41) is 3.06. The molecule has 0 amide bonds. The Labute approximate surface area is 98.9 Å². The van der Waals surface area contributed by atoms with E-state index in [2.05, 4.69) is 5.32 Å². The van der Waals surface area contributed by atoms with Gasteiger partial charge in [-0.15, -0.1) is 0 Å². The van der Waals surface area contributed by atoms with Crippen molar-refractivity contribution in [2.24, 2.45) is 5.41 Å². The summed E-state index contributed by atoms with van der Waals surface area (Å²) in [6.07, 6.45) is 9.58. The summed E-state index contributed by atoms with van der Waals surface area (Å²) in [4.78, 5) is 0. The van der Waals surface area contributed by atoms with Crippen molar-refractivity contribution in [3.63, 3.8) is 0 Å².